The number of fused-ring (bicyclic) bond motifs is 1. The smallest absolute Gasteiger partial charge is 0.422 e. The second-order valence-electron chi connectivity index (χ2n) is 12.1. The zero-order valence-corrected chi connectivity index (χ0v) is 27.9. The number of piperazine rings is 2. The molecule has 2 aromatic carbocycles. The van der Waals surface area contributed by atoms with Crippen LogP contribution in [0.25, 0.3) is 0 Å². The van der Waals surface area contributed by atoms with Crippen LogP contribution < -0.4 is 18.9 Å². The Kier molecular flexibility index (Phi) is 10.6. The molecule has 50 heavy (non-hydrogen) atoms. The molecule has 0 aliphatic carbocycles. The molecule has 12 nitrogen and oxygen atoms in total. The minimum Gasteiger partial charge on any atom is -0.481 e. The van der Waals surface area contributed by atoms with Gasteiger partial charge in [-0.25, -0.2) is 4.98 Å². The number of carbonyl (C=O) groups excluding carboxylic acids is 1. The van der Waals surface area contributed by atoms with E-state index in [0.29, 0.717) is 32.7 Å². The zero-order valence-electron chi connectivity index (χ0n) is 27.9. The number of halogens is 3. The Morgan fingerprint density at radius 1 is 0.840 bits per heavy atom. The number of aromatic nitrogens is 4. The van der Waals surface area contributed by atoms with E-state index in [1.165, 1.54) is 33.7 Å². The third kappa shape index (κ3) is 7.89. The molecule has 264 valence electrons. The number of methoxy groups -OCH3 is 3. The maximum Gasteiger partial charge on any atom is 0.422 e. The van der Waals surface area contributed by atoms with Crippen LogP contribution in [0.2, 0.25) is 0 Å². The van der Waals surface area contributed by atoms with Crippen molar-refractivity contribution in [3.8, 4) is 23.7 Å². The molecule has 4 heterocycles. The van der Waals surface area contributed by atoms with Gasteiger partial charge in [0.25, 0.3) is 5.91 Å². The highest BCUT2D eigenvalue weighted by Gasteiger charge is 2.44. The monoisotopic (exact) mass is 693 g/mol. The molecule has 2 aliphatic heterocycles. The first-order valence-electron chi connectivity index (χ1n) is 16.1. The normalized spacial score (nSPS) is 18.4. The molecular formula is C35H38F3N7O5. The minimum absolute atomic E-state index is 0.0488. The maximum atomic E-state index is 13.7. The SMILES string of the molecule is COc1cncc(C(=O)N2CCN3[C@@H](CN(Cc4c(OC)nc(OC)nc4OCC(F)(F)F)C[C@H]3C(c3ccccc3)c3ccccc3)C2)n1. The number of hydrogen-bond donors (Lipinski definition) is 0. The van der Waals surface area contributed by atoms with E-state index >= 15 is 0 Å². The van der Waals surface area contributed by atoms with Gasteiger partial charge in [-0.1, -0.05) is 60.7 Å². The molecule has 0 spiro atoms. The van der Waals surface area contributed by atoms with Crippen molar-refractivity contribution in [2.24, 2.45) is 0 Å². The number of rotatable bonds is 11. The van der Waals surface area contributed by atoms with Crippen LogP contribution in [0, 0.1) is 0 Å². The molecule has 0 N–H and O–H groups in total. The van der Waals surface area contributed by atoms with E-state index in [1.54, 1.807) is 4.90 Å². The topological polar surface area (TPSA) is 115 Å². The summed E-state index contributed by atoms with van der Waals surface area (Å²) in [6.45, 7) is 1.04. The summed E-state index contributed by atoms with van der Waals surface area (Å²) in [6, 6.07) is 20.0. The summed E-state index contributed by atoms with van der Waals surface area (Å²) in [6.07, 6.45) is -1.73. The summed E-state index contributed by atoms with van der Waals surface area (Å²) in [7, 11) is 4.16. The average molecular weight is 694 g/mol. The number of amides is 1. The van der Waals surface area contributed by atoms with Gasteiger partial charge in [-0.3, -0.25) is 19.6 Å². The standard InChI is InChI=1S/C35H38F3N7O5/c1-47-29-17-39-16-27(40-29)33(46)44-14-15-45-25(19-44)18-43(20-26-31(48-2)41-34(49-3)42-32(26)50-22-35(36,37)38)21-28(45)30(23-10-6-4-7-11-23)24-12-8-5-9-13-24/h4-13,16-17,25,28,30H,14-15,18-22H2,1-3H3/t25-,28-/m0/s1. The van der Waals surface area contributed by atoms with Crippen molar-refractivity contribution < 1.29 is 36.9 Å². The largest absolute Gasteiger partial charge is 0.481 e. The number of alkyl halides is 3. The van der Waals surface area contributed by atoms with Gasteiger partial charge in [-0.15, -0.1) is 0 Å². The first-order valence-corrected chi connectivity index (χ1v) is 16.1. The van der Waals surface area contributed by atoms with Gasteiger partial charge >= 0.3 is 12.2 Å². The number of carbonyl (C=O) groups is 1. The van der Waals surface area contributed by atoms with E-state index in [0.717, 1.165) is 11.1 Å². The number of hydrogen-bond acceptors (Lipinski definition) is 11. The summed E-state index contributed by atoms with van der Waals surface area (Å²) in [5.41, 5.74) is 2.68. The lowest BCUT2D eigenvalue weighted by molar-refractivity contribution is -0.154. The van der Waals surface area contributed by atoms with Crippen LogP contribution in [0.4, 0.5) is 13.2 Å². The van der Waals surface area contributed by atoms with E-state index in [9.17, 15) is 18.0 Å². The lowest BCUT2D eigenvalue weighted by Gasteiger charge is -2.53. The number of nitrogens with zero attached hydrogens (tertiary/aromatic N) is 7. The van der Waals surface area contributed by atoms with Crippen LogP contribution in [-0.2, 0) is 6.54 Å². The Morgan fingerprint density at radius 2 is 1.52 bits per heavy atom. The van der Waals surface area contributed by atoms with Crippen molar-refractivity contribution in [2.75, 3.05) is 60.7 Å². The average Bonchev–Trinajstić information content (AvgIpc) is 3.14. The minimum atomic E-state index is -4.59. The fourth-order valence-electron chi connectivity index (χ4n) is 6.80. The Labute approximate surface area is 287 Å². The lowest BCUT2D eigenvalue weighted by Crippen LogP contribution is -2.67. The molecule has 1 amide bonds. The van der Waals surface area contributed by atoms with Crippen molar-refractivity contribution in [2.45, 2.75) is 30.7 Å². The van der Waals surface area contributed by atoms with E-state index in [-0.39, 0.29) is 65.4 Å². The van der Waals surface area contributed by atoms with E-state index < -0.39 is 12.8 Å². The van der Waals surface area contributed by atoms with Crippen molar-refractivity contribution in [1.82, 2.24) is 34.6 Å². The van der Waals surface area contributed by atoms with Crippen molar-refractivity contribution in [1.29, 1.82) is 0 Å². The molecule has 6 rings (SSSR count). The number of ether oxygens (including phenoxy) is 4. The zero-order chi connectivity index (χ0) is 35.3. The molecule has 0 unspecified atom stereocenters. The Bertz CT molecular complexity index is 1710. The van der Waals surface area contributed by atoms with Crippen LogP contribution in [0.15, 0.2) is 73.1 Å². The van der Waals surface area contributed by atoms with Crippen LogP contribution in [0.3, 0.4) is 0 Å². The highest BCUT2D eigenvalue weighted by atomic mass is 19.4. The molecule has 15 heteroatoms. The van der Waals surface area contributed by atoms with E-state index in [2.05, 4.69) is 54.0 Å². The molecule has 2 atom stereocenters. The van der Waals surface area contributed by atoms with Crippen molar-refractivity contribution >= 4 is 5.91 Å². The fraction of sp³-hybridized carbons (Fsp3) is 0.400. The highest BCUT2D eigenvalue weighted by molar-refractivity contribution is 5.92. The summed E-state index contributed by atoms with van der Waals surface area (Å²) in [4.78, 5) is 36.9. The second-order valence-corrected chi connectivity index (χ2v) is 12.1. The molecule has 2 aromatic heterocycles. The summed E-state index contributed by atoms with van der Waals surface area (Å²) in [5, 5.41) is 0. The van der Waals surface area contributed by atoms with Gasteiger partial charge in [-0.2, -0.15) is 23.1 Å². The molecule has 4 aromatic rings. The van der Waals surface area contributed by atoms with Crippen LogP contribution in [-0.4, -0.2) is 119 Å². The van der Waals surface area contributed by atoms with Gasteiger partial charge in [0.15, 0.2) is 12.3 Å². The third-order valence-electron chi connectivity index (χ3n) is 8.94. The molecule has 2 saturated heterocycles. The fourth-order valence-corrected chi connectivity index (χ4v) is 6.80. The number of benzene rings is 2. The van der Waals surface area contributed by atoms with Crippen molar-refractivity contribution in [3.05, 3.63) is 95.4 Å². The lowest BCUT2D eigenvalue weighted by atomic mass is 9.81. The van der Waals surface area contributed by atoms with Crippen LogP contribution in [0.5, 0.6) is 23.7 Å². The summed E-state index contributed by atoms with van der Waals surface area (Å²) in [5.74, 6) is -0.312. The molecule has 2 fully saturated rings. The molecular weight excluding hydrogens is 655 g/mol. The Balaban J connectivity index is 1.37. The van der Waals surface area contributed by atoms with E-state index in [4.69, 9.17) is 18.9 Å². The maximum absolute atomic E-state index is 13.7. The highest BCUT2D eigenvalue weighted by Crippen LogP contribution is 2.38. The second kappa shape index (κ2) is 15.3. The Morgan fingerprint density at radius 3 is 2.14 bits per heavy atom. The van der Waals surface area contributed by atoms with Crippen molar-refractivity contribution in [3.63, 3.8) is 0 Å². The van der Waals surface area contributed by atoms with Gasteiger partial charge in [-0.05, 0) is 11.1 Å². The van der Waals surface area contributed by atoms with Gasteiger partial charge < -0.3 is 23.8 Å². The first kappa shape index (κ1) is 34.8. The summed E-state index contributed by atoms with van der Waals surface area (Å²) < 4.78 is 61.0. The Hall–Kier alpha value is -5.02. The molecule has 0 radical (unpaired) electrons. The van der Waals surface area contributed by atoms with E-state index in [1.807, 2.05) is 36.4 Å². The quantitative estimate of drug-likeness (QED) is 0.227. The molecule has 0 bridgehead atoms. The third-order valence-corrected chi connectivity index (χ3v) is 8.94. The predicted octanol–water partition coefficient (Wildman–Crippen LogP) is 4.08. The molecule has 0 saturated carbocycles. The van der Waals surface area contributed by atoms with Gasteiger partial charge in [0.1, 0.15) is 0 Å². The van der Waals surface area contributed by atoms with Crippen LogP contribution >= 0.6 is 0 Å². The van der Waals surface area contributed by atoms with Gasteiger partial charge in [0, 0.05) is 57.3 Å². The predicted molar refractivity (Wildman–Crippen MR) is 175 cm³/mol. The van der Waals surface area contributed by atoms with Gasteiger partial charge in [0.2, 0.25) is 17.6 Å². The first-order chi connectivity index (χ1) is 24.2. The summed E-state index contributed by atoms with van der Waals surface area (Å²) >= 11 is 0. The van der Waals surface area contributed by atoms with Gasteiger partial charge in [0.05, 0.1) is 39.3 Å². The van der Waals surface area contributed by atoms with Crippen LogP contribution in [0.1, 0.15) is 33.1 Å². The molecule has 2 aliphatic rings.